The third-order valence-electron chi connectivity index (χ3n) is 3.46. The molecule has 1 saturated heterocycles. The standard InChI is InChI=1S/C9H16O/c1-8(2)7-4-5-9(7,3)6-10-8/h7H,4-6H2,1-3H3/t7-,9+/m0/s1. The quantitative estimate of drug-likeness (QED) is 0.501. The summed E-state index contributed by atoms with van der Waals surface area (Å²) in [6.07, 6.45) is 2.75. The molecule has 1 aliphatic carbocycles. The molecule has 0 spiro atoms. The normalized spacial score (nSPS) is 50.1. The fourth-order valence-electron chi connectivity index (χ4n) is 2.59. The Morgan fingerprint density at radius 3 is 2.20 bits per heavy atom. The van der Waals surface area contributed by atoms with Crippen molar-refractivity contribution in [2.24, 2.45) is 11.3 Å². The van der Waals surface area contributed by atoms with Gasteiger partial charge in [-0.15, -0.1) is 0 Å². The van der Waals surface area contributed by atoms with E-state index in [2.05, 4.69) is 20.8 Å². The second kappa shape index (κ2) is 1.58. The lowest BCUT2D eigenvalue weighted by molar-refractivity contribution is 0.000745. The van der Waals surface area contributed by atoms with Crippen LogP contribution in [0.1, 0.15) is 33.6 Å². The van der Waals surface area contributed by atoms with Gasteiger partial charge >= 0.3 is 0 Å². The summed E-state index contributed by atoms with van der Waals surface area (Å²) in [6.45, 7) is 7.80. The fraction of sp³-hybridized carbons (Fsp3) is 1.00. The molecule has 1 nitrogen and oxygen atoms in total. The van der Waals surface area contributed by atoms with Crippen LogP contribution in [0.25, 0.3) is 0 Å². The summed E-state index contributed by atoms with van der Waals surface area (Å²) >= 11 is 0. The summed E-state index contributed by atoms with van der Waals surface area (Å²) in [5, 5.41) is 0. The highest BCUT2D eigenvalue weighted by Gasteiger charge is 2.56. The van der Waals surface area contributed by atoms with Crippen molar-refractivity contribution in [3.8, 4) is 0 Å². The van der Waals surface area contributed by atoms with Crippen LogP contribution in [-0.4, -0.2) is 12.2 Å². The highest BCUT2D eigenvalue weighted by Crippen LogP contribution is 2.57. The zero-order valence-corrected chi connectivity index (χ0v) is 7.11. The van der Waals surface area contributed by atoms with Crippen molar-refractivity contribution in [1.29, 1.82) is 0 Å². The van der Waals surface area contributed by atoms with Crippen LogP contribution in [-0.2, 0) is 4.74 Å². The van der Waals surface area contributed by atoms with Crippen LogP contribution < -0.4 is 0 Å². The molecule has 2 atom stereocenters. The number of fused-ring (bicyclic) bond motifs is 1. The van der Waals surface area contributed by atoms with E-state index in [-0.39, 0.29) is 5.60 Å². The van der Waals surface area contributed by atoms with Gasteiger partial charge in [0.05, 0.1) is 12.2 Å². The Labute approximate surface area is 62.8 Å². The SMILES string of the molecule is CC1(C)OC[C@@]2(C)CC[C@@H]12. The van der Waals surface area contributed by atoms with E-state index >= 15 is 0 Å². The first kappa shape index (κ1) is 6.66. The second-order valence-corrected chi connectivity index (χ2v) is 4.64. The van der Waals surface area contributed by atoms with Gasteiger partial charge in [-0.05, 0) is 38.0 Å². The first-order valence-electron chi connectivity index (χ1n) is 4.19. The number of rotatable bonds is 0. The molecule has 1 saturated carbocycles. The molecule has 1 heteroatoms. The van der Waals surface area contributed by atoms with E-state index in [4.69, 9.17) is 4.74 Å². The molecule has 1 heterocycles. The van der Waals surface area contributed by atoms with Gasteiger partial charge in [0.1, 0.15) is 0 Å². The average molecular weight is 140 g/mol. The predicted molar refractivity (Wildman–Crippen MR) is 40.9 cm³/mol. The molecule has 0 aromatic heterocycles. The Morgan fingerprint density at radius 1 is 1.30 bits per heavy atom. The van der Waals surface area contributed by atoms with E-state index in [9.17, 15) is 0 Å². The van der Waals surface area contributed by atoms with Crippen LogP contribution in [0.2, 0.25) is 0 Å². The highest BCUT2D eigenvalue weighted by atomic mass is 16.5. The zero-order chi connectivity index (χ0) is 7.41. The Morgan fingerprint density at radius 2 is 2.00 bits per heavy atom. The van der Waals surface area contributed by atoms with Crippen LogP contribution in [0.15, 0.2) is 0 Å². The van der Waals surface area contributed by atoms with Crippen molar-refractivity contribution in [1.82, 2.24) is 0 Å². The largest absolute Gasteiger partial charge is 0.375 e. The number of hydrogen-bond donors (Lipinski definition) is 0. The number of hydrogen-bond acceptors (Lipinski definition) is 1. The van der Waals surface area contributed by atoms with E-state index in [1.54, 1.807) is 0 Å². The molecule has 2 rings (SSSR count). The molecular formula is C9H16O. The Balaban J connectivity index is 2.22. The molecule has 2 fully saturated rings. The first-order valence-corrected chi connectivity index (χ1v) is 4.19. The molecule has 2 aliphatic rings. The van der Waals surface area contributed by atoms with Gasteiger partial charge in [0.25, 0.3) is 0 Å². The maximum atomic E-state index is 5.73. The third kappa shape index (κ3) is 0.619. The highest BCUT2D eigenvalue weighted by molar-refractivity contribution is 5.04. The van der Waals surface area contributed by atoms with Crippen LogP contribution >= 0.6 is 0 Å². The molecule has 0 bridgehead atoms. The van der Waals surface area contributed by atoms with Crippen LogP contribution in [0, 0.1) is 11.3 Å². The maximum absolute atomic E-state index is 5.73. The van der Waals surface area contributed by atoms with Gasteiger partial charge in [-0.3, -0.25) is 0 Å². The van der Waals surface area contributed by atoms with E-state index in [1.165, 1.54) is 12.8 Å². The van der Waals surface area contributed by atoms with Gasteiger partial charge < -0.3 is 4.74 Å². The van der Waals surface area contributed by atoms with Crippen LogP contribution in [0.3, 0.4) is 0 Å². The summed E-state index contributed by atoms with van der Waals surface area (Å²) in [7, 11) is 0. The van der Waals surface area contributed by atoms with Gasteiger partial charge in [0.15, 0.2) is 0 Å². The lowest BCUT2D eigenvalue weighted by atomic mass is 9.58. The Kier molecular flexibility index (Phi) is 1.05. The molecule has 1 aliphatic heterocycles. The molecular weight excluding hydrogens is 124 g/mol. The topological polar surface area (TPSA) is 9.23 Å². The molecule has 0 radical (unpaired) electrons. The average Bonchev–Trinajstić information content (AvgIpc) is 1.90. The molecule has 0 N–H and O–H groups in total. The Bertz CT molecular complexity index is 151. The lowest BCUT2D eigenvalue weighted by Gasteiger charge is -2.44. The summed E-state index contributed by atoms with van der Waals surface area (Å²) in [6, 6.07) is 0. The van der Waals surface area contributed by atoms with Gasteiger partial charge in [-0.2, -0.15) is 0 Å². The molecule has 58 valence electrons. The van der Waals surface area contributed by atoms with E-state index in [0.717, 1.165) is 12.5 Å². The molecule has 0 amide bonds. The Hall–Kier alpha value is -0.0400. The van der Waals surface area contributed by atoms with Crippen LogP contribution in [0.4, 0.5) is 0 Å². The second-order valence-electron chi connectivity index (χ2n) is 4.64. The number of ether oxygens (including phenoxy) is 1. The van der Waals surface area contributed by atoms with Gasteiger partial charge in [-0.1, -0.05) is 6.92 Å². The lowest BCUT2D eigenvalue weighted by Crippen LogP contribution is -2.43. The molecule has 0 unspecified atom stereocenters. The van der Waals surface area contributed by atoms with E-state index in [1.807, 2.05) is 0 Å². The molecule has 0 aromatic carbocycles. The van der Waals surface area contributed by atoms with Gasteiger partial charge in [0.2, 0.25) is 0 Å². The molecule has 0 aromatic rings. The predicted octanol–water partition coefficient (Wildman–Crippen LogP) is 2.21. The van der Waals surface area contributed by atoms with Crippen molar-refractivity contribution in [3.63, 3.8) is 0 Å². The fourth-order valence-corrected chi connectivity index (χ4v) is 2.59. The van der Waals surface area contributed by atoms with Gasteiger partial charge in [-0.25, -0.2) is 0 Å². The van der Waals surface area contributed by atoms with Crippen molar-refractivity contribution in [3.05, 3.63) is 0 Å². The zero-order valence-electron chi connectivity index (χ0n) is 7.11. The van der Waals surface area contributed by atoms with E-state index < -0.39 is 0 Å². The summed E-state index contributed by atoms with van der Waals surface area (Å²) in [4.78, 5) is 0. The summed E-state index contributed by atoms with van der Waals surface area (Å²) < 4.78 is 5.73. The summed E-state index contributed by atoms with van der Waals surface area (Å²) in [5.41, 5.74) is 0.719. The van der Waals surface area contributed by atoms with Gasteiger partial charge in [0, 0.05) is 0 Å². The van der Waals surface area contributed by atoms with Crippen molar-refractivity contribution in [2.75, 3.05) is 6.61 Å². The minimum atomic E-state index is 0.174. The van der Waals surface area contributed by atoms with Crippen LogP contribution in [0.5, 0.6) is 0 Å². The smallest absolute Gasteiger partial charge is 0.0660 e. The monoisotopic (exact) mass is 140 g/mol. The minimum absolute atomic E-state index is 0.174. The third-order valence-corrected chi connectivity index (χ3v) is 3.46. The molecule has 10 heavy (non-hydrogen) atoms. The summed E-state index contributed by atoms with van der Waals surface area (Å²) in [5.74, 6) is 0.833. The van der Waals surface area contributed by atoms with Crippen molar-refractivity contribution >= 4 is 0 Å². The van der Waals surface area contributed by atoms with E-state index in [0.29, 0.717) is 5.41 Å². The maximum Gasteiger partial charge on any atom is 0.0660 e. The minimum Gasteiger partial charge on any atom is -0.375 e. The first-order chi connectivity index (χ1) is 4.55. The van der Waals surface area contributed by atoms with Crippen molar-refractivity contribution in [2.45, 2.75) is 39.2 Å². The van der Waals surface area contributed by atoms with Crippen molar-refractivity contribution < 1.29 is 4.74 Å².